The highest BCUT2D eigenvalue weighted by atomic mass is 79.9. The molecule has 1 atom stereocenters. The van der Waals surface area contributed by atoms with Crippen molar-refractivity contribution in [1.29, 1.82) is 0 Å². The summed E-state index contributed by atoms with van der Waals surface area (Å²) in [6, 6.07) is 0.526. The van der Waals surface area contributed by atoms with Crippen LogP contribution in [0.2, 0.25) is 0 Å². The predicted octanol–water partition coefficient (Wildman–Crippen LogP) is 3.03. The van der Waals surface area contributed by atoms with Crippen molar-refractivity contribution in [2.24, 2.45) is 5.73 Å². The summed E-state index contributed by atoms with van der Waals surface area (Å²) in [6.07, 6.45) is -4.51. The monoisotopic (exact) mass is 313 g/mol. The van der Waals surface area contributed by atoms with Gasteiger partial charge in [0.1, 0.15) is 6.04 Å². The van der Waals surface area contributed by atoms with Gasteiger partial charge in [-0.2, -0.15) is 13.2 Å². The van der Waals surface area contributed by atoms with Gasteiger partial charge in [0.25, 0.3) is 0 Å². The SMILES string of the molecule is COc1cc(Br)c([C@@H](N)C(F)(F)F)cc1OC. The first-order chi connectivity index (χ1) is 7.81. The minimum atomic E-state index is -4.51. The van der Waals surface area contributed by atoms with Crippen molar-refractivity contribution >= 4 is 15.9 Å². The molecule has 0 radical (unpaired) electrons. The maximum absolute atomic E-state index is 12.5. The Kier molecular flexibility index (Phi) is 4.26. The molecular formula is C10H11BrF3NO2. The fourth-order valence-corrected chi connectivity index (χ4v) is 1.85. The molecule has 0 heterocycles. The van der Waals surface area contributed by atoms with Crippen molar-refractivity contribution in [3.8, 4) is 11.5 Å². The van der Waals surface area contributed by atoms with Crippen LogP contribution < -0.4 is 15.2 Å². The standard InChI is InChI=1S/C10H11BrF3NO2/c1-16-7-3-5(9(15)10(12,13)14)6(11)4-8(7)17-2/h3-4,9H,15H2,1-2H3/t9-/m1/s1. The lowest BCUT2D eigenvalue weighted by Gasteiger charge is -2.19. The van der Waals surface area contributed by atoms with Crippen LogP contribution in [0.25, 0.3) is 0 Å². The summed E-state index contributed by atoms with van der Waals surface area (Å²) in [5.74, 6) is 0.530. The third-order valence-corrected chi connectivity index (χ3v) is 2.88. The molecule has 0 saturated heterocycles. The van der Waals surface area contributed by atoms with E-state index < -0.39 is 12.2 Å². The van der Waals surface area contributed by atoms with Gasteiger partial charge in [-0.05, 0) is 17.7 Å². The van der Waals surface area contributed by atoms with Gasteiger partial charge in [0.2, 0.25) is 0 Å². The zero-order chi connectivity index (χ0) is 13.2. The summed E-state index contributed by atoms with van der Waals surface area (Å²) in [4.78, 5) is 0. The van der Waals surface area contributed by atoms with Gasteiger partial charge in [-0.1, -0.05) is 15.9 Å². The second kappa shape index (κ2) is 5.14. The number of hydrogen-bond donors (Lipinski definition) is 1. The van der Waals surface area contributed by atoms with Gasteiger partial charge in [-0.25, -0.2) is 0 Å². The van der Waals surface area contributed by atoms with Crippen LogP contribution in [-0.2, 0) is 0 Å². The lowest BCUT2D eigenvalue weighted by molar-refractivity contribution is -0.149. The molecule has 0 spiro atoms. The molecule has 0 aromatic heterocycles. The summed E-state index contributed by atoms with van der Waals surface area (Å²) in [5.41, 5.74) is 5.03. The highest BCUT2D eigenvalue weighted by Gasteiger charge is 2.39. The van der Waals surface area contributed by atoms with E-state index in [1.54, 1.807) is 0 Å². The number of rotatable bonds is 3. The molecule has 0 amide bonds. The normalized spacial score (nSPS) is 13.4. The summed E-state index contributed by atoms with van der Waals surface area (Å²) < 4.78 is 47.7. The van der Waals surface area contributed by atoms with E-state index in [4.69, 9.17) is 15.2 Å². The van der Waals surface area contributed by atoms with Crippen LogP contribution in [0.5, 0.6) is 11.5 Å². The van der Waals surface area contributed by atoms with Crippen molar-refractivity contribution in [1.82, 2.24) is 0 Å². The number of benzene rings is 1. The first-order valence-electron chi connectivity index (χ1n) is 4.55. The molecular weight excluding hydrogens is 303 g/mol. The molecule has 7 heteroatoms. The number of halogens is 4. The van der Waals surface area contributed by atoms with Crippen LogP contribution in [0.1, 0.15) is 11.6 Å². The van der Waals surface area contributed by atoms with Crippen molar-refractivity contribution in [2.45, 2.75) is 12.2 Å². The zero-order valence-corrected chi connectivity index (χ0v) is 10.7. The minimum absolute atomic E-state index is 0.102. The van der Waals surface area contributed by atoms with Crippen LogP contribution in [0.3, 0.4) is 0 Å². The Morgan fingerprint density at radius 3 is 2.06 bits per heavy atom. The third kappa shape index (κ3) is 3.04. The van der Waals surface area contributed by atoms with Crippen molar-refractivity contribution in [3.05, 3.63) is 22.2 Å². The fraction of sp³-hybridized carbons (Fsp3) is 0.400. The number of methoxy groups -OCH3 is 2. The maximum atomic E-state index is 12.5. The molecule has 96 valence electrons. The molecule has 0 aliphatic rings. The number of ether oxygens (including phenoxy) is 2. The number of alkyl halides is 3. The van der Waals surface area contributed by atoms with Gasteiger partial charge in [0.15, 0.2) is 11.5 Å². The van der Waals surface area contributed by atoms with E-state index in [1.807, 2.05) is 0 Å². The number of hydrogen-bond acceptors (Lipinski definition) is 3. The third-order valence-electron chi connectivity index (χ3n) is 2.19. The van der Waals surface area contributed by atoms with Gasteiger partial charge in [-0.3, -0.25) is 0 Å². The van der Waals surface area contributed by atoms with E-state index in [1.165, 1.54) is 26.4 Å². The molecule has 1 rings (SSSR count). The predicted molar refractivity (Wildman–Crippen MR) is 60.2 cm³/mol. The Morgan fingerprint density at radius 1 is 1.18 bits per heavy atom. The van der Waals surface area contributed by atoms with E-state index in [0.717, 1.165) is 0 Å². The van der Waals surface area contributed by atoms with Crippen LogP contribution in [-0.4, -0.2) is 20.4 Å². The molecule has 0 unspecified atom stereocenters. The topological polar surface area (TPSA) is 44.5 Å². The molecule has 17 heavy (non-hydrogen) atoms. The lowest BCUT2D eigenvalue weighted by Crippen LogP contribution is -2.28. The minimum Gasteiger partial charge on any atom is -0.493 e. The van der Waals surface area contributed by atoms with Gasteiger partial charge in [0.05, 0.1) is 14.2 Å². The molecule has 0 fully saturated rings. The molecule has 0 aliphatic carbocycles. The van der Waals surface area contributed by atoms with Crippen molar-refractivity contribution in [3.63, 3.8) is 0 Å². The van der Waals surface area contributed by atoms with Gasteiger partial charge in [-0.15, -0.1) is 0 Å². The Balaban J connectivity index is 3.26. The highest BCUT2D eigenvalue weighted by Crippen LogP contribution is 2.40. The zero-order valence-electron chi connectivity index (χ0n) is 9.14. The first-order valence-corrected chi connectivity index (χ1v) is 5.34. The van der Waals surface area contributed by atoms with E-state index in [2.05, 4.69) is 15.9 Å². The smallest absolute Gasteiger partial charge is 0.407 e. The second-order valence-electron chi connectivity index (χ2n) is 3.25. The molecule has 1 aromatic carbocycles. The average molecular weight is 314 g/mol. The number of nitrogens with two attached hydrogens (primary N) is 1. The van der Waals surface area contributed by atoms with E-state index >= 15 is 0 Å². The van der Waals surface area contributed by atoms with Crippen LogP contribution in [0, 0.1) is 0 Å². The van der Waals surface area contributed by atoms with Gasteiger partial charge in [0, 0.05) is 4.47 Å². The molecule has 2 N–H and O–H groups in total. The van der Waals surface area contributed by atoms with E-state index in [9.17, 15) is 13.2 Å². The molecule has 3 nitrogen and oxygen atoms in total. The molecule has 0 aliphatic heterocycles. The van der Waals surface area contributed by atoms with Gasteiger partial charge < -0.3 is 15.2 Å². The molecule has 1 aromatic rings. The van der Waals surface area contributed by atoms with E-state index in [0.29, 0.717) is 5.75 Å². The average Bonchev–Trinajstić information content (AvgIpc) is 2.26. The summed E-state index contributed by atoms with van der Waals surface area (Å²) in [7, 11) is 2.74. The van der Waals surface area contributed by atoms with Gasteiger partial charge >= 0.3 is 6.18 Å². The lowest BCUT2D eigenvalue weighted by atomic mass is 10.1. The summed E-state index contributed by atoms with van der Waals surface area (Å²) in [6.45, 7) is 0. The van der Waals surface area contributed by atoms with Crippen molar-refractivity contribution in [2.75, 3.05) is 14.2 Å². The summed E-state index contributed by atoms with van der Waals surface area (Å²) >= 11 is 3.03. The Bertz CT molecular complexity index is 409. The van der Waals surface area contributed by atoms with E-state index in [-0.39, 0.29) is 15.8 Å². The maximum Gasteiger partial charge on any atom is 0.407 e. The van der Waals surface area contributed by atoms with Crippen LogP contribution >= 0.6 is 15.9 Å². The fourth-order valence-electron chi connectivity index (χ4n) is 1.28. The van der Waals surface area contributed by atoms with Crippen LogP contribution in [0.15, 0.2) is 16.6 Å². The Hall–Kier alpha value is -0.950. The quantitative estimate of drug-likeness (QED) is 0.933. The highest BCUT2D eigenvalue weighted by molar-refractivity contribution is 9.10. The Labute approximate surface area is 105 Å². The first kappa shape index (κ1) is 14.1. The van der Waals surface area contributed by atoms with Crippen LogP contribution in [0.4, 0.5) is 13.2 Å². The second-order valence-corrected chi connectivity index (χ2v) is 4.10. The largest absolute Gasteiger partial charge is 0.493 e. The molecule has 0 saturated carbocycles. The van der Waals surface area contributed by atoms with Crippen molar-refractivity contribution < 1.29 is 22.6 Å². The molecule has 0 bridgehead atoms. The Morgan fingerprint density at radius 2 is 1.65 bits per heavy atom. The summed E-state index contributed by atoms with van der Waals surface area (Å²) in [5, 5.41) is 0.